The maximum absolute atomic E-state index is 11.0. The van der Waals surface area contributed by atoms with Gasteiger partial charge >= 0.3 is 0 Å². The third-order valence-corrected chi connectivity index (χ3v) is 2.30. The highest BCUT2D eigenvalue weighted by molar-refractivity contribution is 5.79. The number of ether oxygens (including phenoxy) is 1. The molecule has 1 aromatic rings. The summed E-state index contributed by atoms with van der Waals surface area (Å²) in [4.78, 5) is 11.0. The van der Waals surface area contributed by atoms with E-state index in [1.807, 2.05) is 39.0 Å². The molecule has 0 aromatic heterocycles. The van der Waals surface area contributed by atoms with Crippen LogP contribution in [-0.2, 0) is 4.79 Å². The Bertz CT molecular complexity index is 361. The second-order valence-corrected chi connectivity index (χ2v) is 3.69. The molecule has 1 rings (SSSR count). The van der Waals surface area contributed by atoms with Crippen molar-refractivity contribution < 1.29 is 9.53 Å². The summed E-state index contributed by atoms with van der Waals surface area (Å²) < 4.78 is 5.56. The van der Waals surface area contributed by atoms with Crippen molar-refractivity contribution in [1.82, 2.24) is 0 Å². The van der Waals surface area contributed by atoms with Gasteiger partial charge < -0.3 is 10.5 Å². The van der Waals surface area contributed by atoms with E-state index in [-0.39, 0.29) is 0 Å². The molecule has 15 heavy (non-hydrogen) atoms. The molecule has 0 saturated heterocycles. The van der Waals surface area contributed by atoms with Crippen molar-refractivity contribution in [1.29, 1.82) is 0 Å². The van der Waals surface area contributed by atoms with Gasteiger partial charge in [0, 0.05) is 0 Å². The fourth-order valence-corrected chi connectivity index (χ4v) is 1.33. The van der Waals surface area contributed by atoms with E-state index in [1.54, 1.807) is 0 Å². The number of primary amides is 1. The summed E-state index contributed by atoms with van der Waals surface area (Å²) in [6, 6.07) is 5.90. The Morgan fingerprint density at radius 1 is 1.47 bits per heavy atom. The van der Waals surface area contributed by atoms with E-state index in [0.29, 0.717) is 6.42 Å². The predicted octanol–water partition coefficient (Wildman–Crippen LogP) is 1.95. The third kappa shape index (κ3) is 2.98. The Labute approximate surface area is 90.2 Å². The van der Waals surface area contributed by atoms with Gasteiger partial charge in [-0.15, -0.1) is 0 Å². The van der Waals surface area contributed by atoms with Gasteiger partial charge in [-0.2, -0.15) is 0 Å². The number of rotatable bonds is 4. The van der Waals surface area contributed by atoms with Crippen LogP contribution in [0.15, 0.2) is 18.2 Å². The van der Waals surface area contributed by atoms with Crippen molar-refractivity contribution in [2.24, 2.45) is 5.73 Å². The molecule has 0 bridgehead atoms. The average molecular weight is 207 g/mol. The first-order valence-electron chi connectivity index (χ1n) is 5.07. The normalized spacial score (nSPS) is 12.2. The zero-order valence-corrected chi connectivity index (χ0v) is 9.41. The van der Waals surface area contributed by atoms with Gasteiger partial charge in [0.2, 0.25) is 0 Å². The van der Waals surface area contributed by atoms with Crippen LogP contribution in [0.1, 0.15) is 24.5 Å². The molecular weight excluding hydrogens is 190 g/mol. The summed E-state index contributed by atoms with van der Waals surface area (Å²) >= 11 is 0. The summed E-state index contributed by atoms with van der Waals surface area (Å²) in [5, 5.41) is 0. The van der Waals surface area contributed by atoms with Crippen LogP contribution in [0.5, 0.6) is 5.75 Å². The summed E-state index contributed by atoms with van der Waals surface area (Å²) in [5.74, 6) is 0.319. The van der Waals surface area contributed by atoms with Crippen LogP contribution < -0.4 is 10.5 Å². The highest BCUT2D eigenvalue weighted by Gasteiger charge is 2.15. The Hall–Kier alpha value is -1.51. The molecule has 0 unspecified atom stereocenters. The maximum Gasteiger partial charge on any atom is 0.258 e. The summed E-state index contributed by atoms with van der Waals surface area (Å²) in [6.45, 7) is 5.81. The van der Waals surface area contributed by atoms with E-state index in [2.05, 4.69) is 0 Å². The number of amides is 1. The number of benzene rings is 1. The largest absolute Gasteiger partial charge is 0.480 e. The number of carbonyl (C=O) groups is 1. The number of aryl methyl sites for hydroxylation is 2. The van der Waals surface area contributed by atoms with Crippen molar-refractivity contribution in [3.05, 3.63) is 29.3 Å². The molecule has 0 fully saturated rings. The summed E-state index contributed by atoms with van der Waals surface area (Å²) in [7, 11) is 0. The predicted molar refractivity (Wildman–Crippen MR) is 59.8 cm³/mol. The first-order valence-corrected chi connectivity index (χ1v) is 5.07. The molecule has 0 aliphatic rings. The van der Waals surface area contributed by atoms with Crippen LogP contribution >= 0.6 is 0 Å². The van der Waals surface area contributed by atoms with Crippen LogP contribution in [0.2, 0.25) is 0 Å². The first-order chi connectivity index (χ1) is 7.04. The maximum atomic E-state index is 11.0. The Balaban J connectivity index is 2.87. The van der Waals surface area contributed by atoms with Crippen LogP contribution in [0.3, 0.4) is 0 Å². The molecular formula is C12H17NO2. The van der Waals surface area contributed by atoms with Gasteiger partial charge in [-0.05, 0) is 37.5 Å². The molecule has 3 nitrogen and oxygen atoms in total. The number of hydrogen-bond donors (Lipinski definition) is 1. The highest BCUT2D eigenvalue weighted by Crippen LogP contribution is 2.20. The van der Waals surface area contributed by atoms with E-state index in [4.69, 9.17) is 10.5 Å². The molecule has 0 radical (unpaired) electrons. The molecule has 3 heteroatoms. The fourth-order valence-electron chi connectivity index (χ4n) is 1.33. The topological polar surface area (TPSA) is 52.3 Å². The summed E-state index contributed by atoms with van der Waals surface area (Å²) in [6.07, 6.45) is 0.0495. The van der Waals surface area contributed by atoms with Crippen molar-refractivity contribution in [3.63, 3.8) is 0 Å². The van der Waals surface area contributed by atoms with Crippen molar-refractivity contribution in [3.8, 4) is 5.75 Å². The third-order valence-electron chi connectivity index (χ3n) is 2.30. The highest BCUT2D eigenvalue weighted by atomic mass is 16.5. The number of carbonyl (C=O) groups excluding carboxylic acids is 1. The second-order valence-electron chi connectivity index (χ2n) is 3.69. The van der Waals surface area contributed by atoms with Gasteiger partial charge in [-0.25, -0.2) is 0 Å². The molecule has 0 aliphatic carbocycles. The zero-order chi connectivity index (χ0) is 11.4. The standard InChI is InChI=1S/C12H17NO2/c1-4-10(12(13)14)15-11-7-8(2)5-6-9(11)3/h5-7,10H,4H2,1-3H3,(H2,13,14)/t10-/m1/s1. The molecule has 1 amide bonds. The minimum absolute atomic E-state index is 0.418. The van der Waals surface area contributed by atoms with Gasteiger partial charge in [0.15, 0.2) is 6.10 Å². The number of nitrogens with two attached hydrogens (primary N) is 1. The lowest BCUT2D eigenvalue weighted by molar-refractivity contribution is -0.124. The molecule has 82 valence electrons. The van der Waals surface area contributed by atoms with Gasteiger partial charge in [0.1, 0.15) is 5.75 Å². The van der Waals surface area contributed by atoms with Gasteiger partial charge in [-0.1, -0.05) is 19.1 Å². The lowest BCUT2D eigenvalue weighted by Crippen LogP contribution is -2.33. The minimum atomic E-state index is -0.537. The van der Waals surface area contributed by atoms with Crippen molar-refractivity contribution in [2.75, 3.05) is 0 Å². The lowest BCUT2D eigenvalue weighted by atomic mass is 10.1. The molecule has 1 atom stereocenters. The quantitative estimate of drug-likeness (QED) is 0.820. The Morgan fingerprint density at radius 3 is 2.67 bits per heavy atom. The Morgan fingerprint density at radius 2 is 2.13 bits per heavy atom. The van der Waals surface area contributed by atoms with Crippen LogP contribution in [-0.4, -0.2) is 12.0 Å². The molecule has 0 aliphatic heterocycles. The van der Waals surface area contributed by atoms with E-state index in [1.165, 1.54) is 0 Å². The molecule has 2 N–H and O–H groups in total. The molecule has 0 spiro atoms. The van der Waals surface area contributed by atoms with Gasteiger partial charge in [0.25, 0.3) is 5.91 Å². The fraction of sp³-hybridized carbons (Fsp3) is 0.417. The van der Waals surface area contributed by atoms with Crippen molar-refractivity contribution in [2.45, 2.75) is 33.3 Å². The second kappa shape index (κ2) is 4.82. The van der Waals surface area contributed by atoms with Crippen LogP contribution in [0.4, 0.5) is 0 Å². The molecule has 0 saturated carbocycles. The van der Waals surface area contributed by atoms with E-state index in [9.17, 15) is 4.79 Å². The number of hydrogen-bond acceptors (Lipinski definition) is 2. The average Bonchev–Trinajstić information content (AvgIpc) is 2.18. The van der Waals surface area contributed by atoms with Gasteiger partial charge in [0.05, 0.1) is 0 Å². The van der Waals surface area contributed by atoms with E-state index in [0.717, 1.165) is 16.9 Å². The SMILES string of the molecule is CC[C@@H](Oc1cc(C)ccc1C)C(N)=O. The zero-order valence-electron chi connectivity index (χ0n) is 9.41. The van der Waals surface area contributed by atoms with Crippen LogP contribution in [0.25, 0.3) is 0 Å². The van der Waals surface area contributed by atoms with Crippen LogP contribution in [0, 0.1) is 13.8 Å². The molecule has 1 aromatic carbocycles. The molecule has 0 heterocycles. The van der Waals surface area contributed by atoms with E-state index < -0.39 is 12.0 Å². The monoisotopic (exact) mass is 207 g/mol. The first kappa shape index (κ1) is 11.6. The van der Waals surface area contributed by atoms with E-state index >= 15 is 0 Å². The lowest BCUT2D eigenvalue weighted by Gasteiger charge is -2.16. The van der Waals surface area contributed by atoms with Gasteiger partial charge in [-0.3, -0.25) is 4.79 Å². The Kier molecular flexibility index (Phi) is 3.72. The van der Waals surface area contributed by atoms with Crippen molar-refractivity contribution >= 4 is 5.91 Å². The smallest absolute Gasteiger partial charge is 0.258 e. The minimum Gasteiger partial charge on any atom is -0.480 e. The summed E-state index contributed by atoms with van der Waals surface area (Å²) in [5.41, 5.74) is 7.34.